The largest absolute Gasteiger partial charge is 0.292 e. The van der Waals surface area contributed by atoms with E-state index in [0.717, 1.165) is 5.56 Å². The summed E-state index contributed by atoms with van der Waals surface area (Å²) < 4.78 is 1.56. The maximum Gasteiger partial charge on any atom is 0.230 e. The van der Waals surface area contributed by atoms with Crippen molar-refractivity contribution in [2.45, 2.75) is 26.3 Å². The Morgan fingerprint density at radius 2 is 2.24 bits per heavy atom. The number of aryl methyl sites for hydroxylation is 1. The molecule has 0 N–H and O–H groups in total. The summed E-state index contributed by atoms with van der Waals surface area (Å²) >= 11 is 6.28. The molecule has 0 spiro atoms. The summed E-state index contributed by atoms with van der Waals surface area (Å²) in [6.45, 7) is 3.89. The summed E-state index contributed by atoms with van der Waals surface area (Å²) in [7, 11) is 0. The van der Waals surface area contributed by atoms with Gasteiger partial charge in [0.25, 0.3) is 0 Å². The number of halogens is 1. The normalized spacial score (nSPS) is 17.5. The SMILES string of the molecule is Cc1ccc(-n2ncc(C#N)c2N2C(=O)CC2C)c(Cl)c1. The summed E-state index contributed by atoms with van der Waals surface area (Å²) in [4.78, 5) is 13.5. The minimum Gasteiger partial charge on any atom is -0.292 e. The second kappa shape index (κ2) is 4.90. The molecule has 1 aromatic carbocycles. The molecule has 1 aliphatic rings. The van der Waals surface area contributed by atoms with Crippen molar-refractivity contribution < 1.29 is 4.79 Å². The van der Waals surface area contributed by atoms with E-state index < -0.39 is 0 Å². The van der Waals surface area contributed by atoms with Crippen LogP contribution >= 0.6 is 11.6 Å². The van der Waals surface area contributed by atoms with E-state index >= 15 is 0 Å². The number of rotatable bonds is 2. The Morgan fingerprint density at radius 1 is 1.48 bits per heavy atom. The summed E-state index contributed by atoms with van der Waals surface area (Å²) in [6.07, 6.45) is 1.95. The Balaban J connectivity index is 2.18. The molecule has 1 fully saturated rings. The highest BCUT2D eigenvalue weighted by Crippen LogP contribution is 2.34. The highest BCUT2D eigenvalue weighted by atomic mass is 35.5. The first kappa shape index (κ1) is 13.7. The molecule has 2 aromatic rings. The minimum atomic E-state index is -0.0102. The van der Waals surface area contributed by atoms with Gasteiger partial charge in [-0.05, 0) is 31.5 Å². The lowest BCUT2D eigenvalue weighted by atomic mass is 10.0. The van der Waals surface area contributed by atoms with Gasteiger partial charge in [0.1, 0.15) is 11.6 Å². The third kappa shape index (κ3) is 2.08. The van der Waals surface area contributed by atoms with Crippen molar-refractivity contribution in [3.05, 3.63) is 40.5 Å². The summed E-state index contributed by atoms with van der Waals surface area (Å²) in [6, 6.07) is 7.73. The summed E-state index contributed by atoms with van der Waals surface area (Å²) in [5, 5.41) is 14.0. The Kier molecular flexibility index (Phi) is 3.19. The van der Waals surface area contributed by atoms with Gasteiger partial charge in [0.2, 0.25) is 5.91 Å². The van der Waals surface area contributed by atoms with Gasteiger partial charge >= 0.3 is 0 Å². The molecule has 1 unspecified atom stereocenters. The molecule has 6 heteroatoms. The van der Waals surface area contributed by atoms with Gasteiger partial charge in [0, 0.05) is 12.5 Å². The molecule has 0 aliphatic carbocycles. The van der Waals surface area contributed by atoms with Crippen LogP contribution in [0.1, 0.15) is 24.5 Å². The molecule has 106 valence electrons. The topological polar surface area (TPSA) is 61.9 Å². The third-order valence-corrected chi connectivity index (χ3v) is 3.91. The molecule has 1 amide bonds. The first-order chi connectivity index (χ1) is 10.0. The number of β-lactam (4-membered cyclic amide) rings is 1. The Morgan fingerprint density at radius 3 is 2.81 bits per heavy atom. The number of nitrogens with zero attached hydrogens (tertiary/aromatic N) is 4. The monoisotopic (exact) mass is 300 g/mol. The maximum absolute atomic E-state index is 11.9. The molecular weight excluding hydrogens is 288 g/mol. The first-order valence-electron chi connectivity index (χ1n) is 6.59. The lowest BCUT2D eigenvalue weighted by Crippen LogP contribution is -2.52. The number of nitriles is 1. The molecule has 21 heavy (non-hydrogen) atoms. The van der Waals surface area contributed by atoms with E-state index in [-0.39, 0.29) is 11.9 Å². The van der Waals surface area contributed by atoms with Gasteiger partial charge in [-0.2, -0.15) is 10.4 Å². The minimum absolute atomic E-state index is 0.0102. The first-order valence-corrected chi connectivity index (χ1v) is 6.97. The Hall–Kier alpha value is -2.32. The van der Waals surface area contributed by atoms with Crippen molar-refractivity contribution in [3.8, 4) is 11.8 Å². The fourth-order valence-corrected chi connectivity index (χ4v) is 2.83. The van der Waals surface area contributed by atoms with E-state index in [0.29, 0.717) is 28.5 Å². The van der Waals surface area contributed by atoms with Crippen molar-refractivity contribution >= 4 is 23.3 Å². The molecular formula is C15H13ClN4O. The number of hydrogen-bond acceptors (Lipinski definition) is 3. The van der Waals surface area contributed by atoms with Gasteiger partial charge < -0.3 is 0 Å². The number of carbonyl (C=O) groups excluding carboxylic acids is 1. The zero-order valence-electron chi connectivity index (χ0n) is 11.7. The van der Waals surface area contributed by atoms with Gasteiger partial charge in [-0.1, -0.05) is 17.7 Å². The quantitative estimate of drug-likeness (QED) is 0.801. The Bertz CT molecular complexity index is 774. The molecule has 1 saturated heterocycles. The van der Waals surface area contributed by atoms with Crippen LogP contribution in [0.4, 0.5) is 5.82 Å². The van der Waals surface area contributed by atoms with E-state index in [1.807, 2.05) is 32.0 Å². The van der Waals surface area contributed by atoms with Crippen LogP contribution in [-0.2, 0) is 4.79 Å². The van der Waals surface area contributed by atoms with Gasteiger partial charge in [-0.15, -0.1) is 0 Å². The lowest BCUT2D eigenvalue weighted by Gasteiger charge is -2.38. The third-order valence-electron chi connectivity index (χ3n) is 3.60. The molecule has 5 nitrogen and oxygen atoms in total. The second-order valence-corrected chi connectivity index (χ2v) is 5.58. The number of aromatic nitrogens is 2. The molecule has 3 rings (SSSR count). The summed E-state index contributed by atoms with van der Waals surface area (Å²) in [5.41, 5.74) is 2.06. The van der Waals surface area contributed by atoms with E-state index in [1.54, 1.807) is 9.58 Å². The van der Waals surface area contributed by atoms with Crippen LogP contribution < -0.4 is 4.90 Å². The van der Waals surface area contributed by atoms with E-state index in [2.05, 4.69) is 11.2 Å². The average Bonchev–Trinajstić information content (AvgIpc) is 2.82. The van der Waals surface area contributed by atoms with Crippen molar-refractivity contribution in [1.82, 2.24) is 9.78 Å². The highest BCUT2D eigenvalue weighted by Gasteiger charge is 2.38. The second-order valence-electron chi connectivity index (χ2n) is 5.18. The maximum atomic E-state index is 11.9. The molecule has 2 heterocycles. The molecule has 1 aromatic heterocycles. The standard InChI is InChI=1S/C15H13ClN4O/c1-9-3-4-13(12(16)5-9)20-15(11(7-17)8-18-20)19-10(2)6-14(19)21/h3-5,8,10H,6H2,1-2H3. The number of carbonyl (C=O) groups is 1. The van der Waals surface area contributed by atoms with Crippen molar-refractivity contribution in [2.75, 3.05) is 4.90 Å². The fraction of sp³-hybridized carbons (Fsp3) is 0.267. The predicted molar refractivity (Wildman–Crippen MR) is 79.6 cm³/mol. The van der Waals surface area contributed by atoms with Gasteiger partial charge in [0.05, 0.1) is 16.9 Å². The molecule has 1 atom stereocenters. The van der Waals surface area contributed by atoms with Crippen LogP contribution in [0.5, 0.6) is 0 Å². The zero-order chi connectivity index (χ0) is 15.1. The van der Waals surface area contributed by atoms with E-state index in [9.17, 15) is 10.1 Å². The van der Waals surface area contributed by atoms with Crippen LogP contribution in [0, 0.1) is 18.3 Å². The van der Waals surface area contributed by atoms with E-state index in [1.165, 1.54) is 6.20 Å². The summed E-state index contributed by atoms with van der Waals surface area (Å²) in [5.74, 6) is 0.482. The van der Waals surface area contributed by atoms with Crippen LogP contribution in [0.3, 0.4) is 0 Å². The fourth-order valence-electron chi connectivity index (χ4n) is 2.52. The lowest BCUT2D eigenvalue weighted by molar-refractivity contribution is -0.123. The Labute approximate surface area is 127 Å². The predicted octanol–water partition coefficient (Wildman–Crippen LogP) is 2.83. The van der Waals surface area contributed by atoms with Crippen LogP contribution in [0.15, 0.2) is 24.4 Å². The molecule has 1 aliphatic heterocycles. The van der Waals surface area contributed by atoms with Crippen molar-refractivity contribution in [1.29, 1.82) is 5.26 Å². The molecule has 0 bridgehead atoms. The van der Waals surface area contributed by atoms with Crippen LogP contribution in [0.25, 0.3) is 5.69 Å². The van der Waals surface area contributed by atoms with Crippen molar-refractivity contribution in [2.24, 2.45) is 0 Å². The van der Waals surface area contributed by atoms with Crippen LogP contribution in [0.2, 0.25) is 5.02 Å². The van der Waals surface area contributed by atoms with Gasteiger partial charge in [-0.25, -0.2) is 4.68 Å². The van der Waals surface area contributed by atoms with E-state index in [4.69, 9.17) is 11.6 Å². The average molecular weight is 301 g/mol. The van der Waals surface area contributed by atoms with Crippen molar-refractivity contribution in [3.63, 3.8) is 0 Å². The smallest absolute Gasteiger partial charge is 0.230 e. The number of amides is 1. The number of benzene rings is 1. The number of hydrogen-bond donors (Lipinski definition) is 0. The highest BCUT2D eigenvalue weighted by molar-refractivity contribution is 6.32. The molecule has 0 radical (unpaired) electrons. The zero-order valence-corrected chi connectivity index (χ0v) is 12.4. The van der Waals surface area contributed by atoms with Gasteiger partial charge in [-0.3, -0.25) is 9.69 Å². The number of anilines is 1. The van der Waals surface area contributed by atoms with Crippen LogP contribution in [-0.4, -0.2) is 21.7 Å². The van der Waals surface area contributed by atoms with Gasteiger partial charge in [0.15, 0.2) is 5.82 Å². The molecule has 0 saturated carbocycles.